The van der Waals surface area contributed by atoms with Crippen molar-refractivity contribution in [2.24, 2.45) is 5.41 Å². The molecule has 1 N–H and O–H groups in total. The molecule has 0 fully saturated rings. The van der Waals surface area contributed by atoms with Crippen LogP contribution in [0.2, 0.25) is 18.1 Å². The molecular weight excluding hydrogens is 805 g/mol. The summed E-state index contributed by atoms with van der Waals surface area (Å²) in [6.45, 7) is 28.1. The van der Waals surface area contributed by atoms with Gasteiger partial charge in [-0.1, -0.05) is 130 Å². The molecule has 2 aromatic carbocycles. The van der Waals surface area contributed by atoms with Crippen molar-refractivity contribution in [3.8, 4) is 0 Å². The van der Waals surface area contributed by atoms with Crippen LogP contribution in [0, 0.1) is 5.41 Å². The maximum atomic E-state index is 12.1. The molecule has 2 rings (SSSR count). The standard InChI is InChI=1S/C12H24O3Si.C10H10O3.C10H12O2.C7H12O3.C5H8O3.2CH4/c1-11(2,3)15-9(13)10(14)16(7,8)12(4,5)6;1-2-13-10(12)9(11)8-6-4-3-5-7-8;1-10(2,12)9(11)8-6-4-3-5-7-8;1-7(2,3)5(8)6(9)10-4;1-3-8-5(7)4(2)6;;/h1-8H3;3-7H,2H2,1H3;3-7,12H,1-2H3;1-4H3;3H2,1-2H3;2*1H4/i;;;;;1D;. The fraction of sp³-hybridized carbons (Fsp3) is 0.543. The predicted octanol–water partition coefficient (Wildman–Crippen LogP) is 8.20. The molecule has 0 saturated carbocycles. The quantitative estimate of drug-likeness (QED) is 0.0784. The van der Waals surface area contributed by atoms with E-state index in [1.54, 1.807) is 110 Å². The van der Waals surface area contributed by atoms with E-state index in [9.17, 15) is 48.3 Å². The van der Waals surface area contributed by atoms with E-state index in [1.165, 1.54) is 35.3 Å². The highest BCUT2D eigenvalue weighted by molar-refractivity contribution is 7.13. The Morgan fingerprint density at radius 1 is 0.623 bits per heavy atom. The minimum absolute atomic E-state index is 0. The van der Waals surface area contributed by atoms with E-state index in [0.29, 0.717) is 11.1 Å². The van der Waals surface area contributed by atoms with Crippen molar-refractivity contribution >= 4 is 60.5 Å². The van der Waals surface area contributed by atoms with Crippen molar-refractivity contribution in [3.05, 3.63) is 71.8 Å². The Morgan fingerprint density at radius 2 is 1.00 bits per heavy atom. The summed E-state index contributed by atoms with van der Waals surface area (Å²) in [5.41, 5.74) is -1.60. The summed E-state index contributed by atoms with van der Waals surface area (Å²) in [7, 11) is 0.166. The van der Waals surface area contributed by atoms with Crippen LogP contribution in [0.5, 0.6) is 0 Å². The van der Waals surface area contributed by atoms with E-state index in [-0.39, 0.29) is 36.9 Å². The molecule has 0 amide bonds. The summed E-state index contributed by atoms with van der Waals surface area (Å²) in [5.74, 6) is -4.89. The van der Waals surface area contributed by atoms with Gasteiger partial charge in [0.2, 0.25) is 17.0 Å². The number of methoxy groups -OCH3 is 1. The average Bonchev–Trinajstić information content (AvgIpc) is 3.17. The summed E-state index contributed by atoms with van der Waals surface area (Å²) in [6.07, 6.45) is 0. The Balaban J connectivity index is -0.000000219. The molecule has 0 bridgehead atoms. The van der Waals surface area contributed by atoms with E-state index in [2.05, 4.69) is 14.2 Å². The first-order chi connectivity index (χ1) is 27.6. The van der Waals surface area contributed by atoms with Gasteiger partial charge in [0, 0.05) is 24.8 Å². The SMILES string of the molecule is C.CC(C)(C)OC(=O)C(=O)[Si](C)(C)C(C)(C)C.CC(C)(O)C(=O)c1ccccc1.CCOC(=O)C(=O)c1ccccc1.CCOC(=O)C(C)=O.COC(=O)C(=O)C(C)(C)C.[2H]C. The Kier molecular flexibility index (Phi) is 29.9. The Hall–Kier alpha value is -5.15. The number of benzene rings is 2. The molecule has 14 nitrogen and oxygen atoms in total. The molecule has 0 spiro atoms. The van der Waals surface area contributed by atoms with Crippen LogP contribution in [-0.4, -0.2) is 97.1 Å². The largest absolute Gasteiger partial charge is 0.463 e. The number of carbonyl (C=O) groups excluding carboxylic acids is 9. The Labute approximate surface area is 366 Å². The van der Waals surface area contributed by atoms with Gasteiger partial charge in [-0.25, -0.2) is 19.2 Å². The van der Waals surface area contributed by atoms with Gasteiger partial charge in [-0.3, -0.25) is 24.0 Å². The van der Waals surface area contributed by atoms with Crippen molar-refractivity contribution < 1.29 is 68.6 Å². The third-order valence-electron chi connectivity index (χ3n) is 7.73. The van der Waals surface area contributed by atoms with Crippen LogP contribution in [0.15, 0.2) is 60.7 Å². The maximum absolute atomic E-state index is 12.1. The van der Waals surface area contributed by atoms with Crippen LogP contribution in [0.4, 0.5) is 0 Å². The van der Waals surface area contributed by atoms with E-state index < -0.39 is 65.9 Å². The van der Waals surface area contributed by atoms with Crippen LogP contribution >= 0.6 is 0 Å². The van der Waals surface area contributed by atoms with Gasteiger partial charge in [0.15, 0.2) is 5.78 Å². The smallest absolute Gasteiger partial charge is 0.379 e. The van der Waals surface area contributed by atoms with Gasteiger partial charge >= 0.3 is 23.9 Å². The molecule has 0 aliphatic carbocycles. The van der Waals surface area contributed by atoms with Crippen molar-refractivity contribution in [1.29, 1.82) is 0 Å². The molecule has 0 atom stereocenters. The molecule has 0 radical (unpaired) electrons. The second-order valence-electron chi connectivity index (χ2n) is 16.7. The van der Waals surface area contributed by atoms with E-state index in [1.807, 2.05) is 39.9 Å². The van der Waals surface area contributed by atoms with Crippen LogP contribution < -0.4 is 0 Å². The summed E-state index contributed by atoms with van der Waals surface area (Å²) in [6, 6.07) is 17.1. The molecule has 0 aliphatic heterocycles. The molecular formula is C46H74O14Si. The number of hydrogen-bond acceptors (Lipinski definition) is 14. The van der Waals surface area contributed by atoms with Crippen LogP contribution in [0.3, 0.4) is 0 Å². The van der Waals surface area contributed by atoms with Gasteiger partial charge in [-0.15, -0.1) is 0 Å². The van der Waals surface area contributed by atoms with Crippen LogP contribution in [0.1, 0.15) is 134 Å². The van der Waals surface area contributed by atoms with E-state index in [4.69, 9.17) is 6.11 Å². The summed E-state index contributed by atoms with van der Waals surface area (Å²) in [5, 5.41) is 8.93. The van der Waals surface area contributed by atoms with Crippen molar-refractivity contribution in [3.63, 3.8) is 0 Å². The minimum Gasteiger partial charge on any atom is -0.463 e. The van der Waals surface area contributed by atoms with Crippen molar-refractivity contribution in [2.45, 2.75) is 141 Å². The fourth-order valence-corrected chi connectivity index (χ4v) is 4.64. The van der Waals surface area contributed by atoms with Crippen molar-refractivity contribution in [2.75, 3.05) is 20.3 Å². The highest BCUT2D eigenvalue weighted by Crippen LogP contribution is 2.36. The molecule has 346 valence electrons. The lowest BCUT2D eigenvalue weighted by Crippen LogP contribution is -2.51. The van der Waals surface area contributed by atoms with E-state index in [0.717, 1.165) is 0 Å². The van der Waals surface area contributed by atoms with Gasteiger partial charge < -0.3 is 24.1 Å². The summed E-state index contributed by atoms with van der Waals surface area (Å²) < 4.78 is 24.0. The lowest BCUT2D eigenvalue weighted by atomic mass is 9.91. The van der Waals surface area contributed by atoms with Gasteiger partial charge in [-0.2, -0.15) is 0 Å². The second kappa shape index (κ2) is 29.2. The number of carbonyl (C=O) groups is 9. The van der Waals surface area contributed by atoms with Crippen molar-refractivity contribution in [1.82, 2.24) is 0 Å². The molecule has 0 aliphatic rings. The number of ketones is 4. The molecule has 0 saturated heterocycles. The Bertz CT molecular complexity index is 1710. The van der Waals surface area contributed by atoms with Crippen LogP contribution in [-0.2, 0) is 52.5 Å². The molecule has 61 heavy (non-hydrogen) atoms. The van der Waals surface area contributed by atoms with Gasteiger partial charge in [0.05, 0.1) is 20.3 Å². The predicted molar refractivity (Wildman–Crippen MR) is 240 cm³/mol. The number of aliphatic hydroxyl groups is 1. The first-order valence-corrected chi connectivity index (χ1v) is 21.8. The first kappa shape index (κ1) is 62.5. The second-order valence-corrected chi connectivity index (χ2v) is 21.9. The van der Waals surface area contributed by atoms with Crippen LogP contribution in [0.25, 0.3) is 0 Å². The molecule has 0 unspecified atom stereocenters. The monoisotopic (exact) mass is 879 g/mol. The minimum atomic E-state index is -2.28. The number of Topliss-reactive ketones (excluding diaryl/α,β-unsaturated/α-hetero) is 4. The lowest BCUT2D eigenvalue weighted by Gasteiger charge is -2.34. The maximum Gasteiger partial charge on any atom is 0.379 e. The third kappa shape index (κ3) is 27.3. The topological polar surface area (TPSA) is 211 Å². The summed E-state index contributed by atoms with van der Waals surface area (Å²) in [4.78, 5) is 99.2. The molecule has 15 heteroatoms. The normalized spacial score (nSPS) is 10.7. The zero-order chi connectivity index (χ0) is 49.2. The molecule has 2 aromatic rings. The first-order valence-electron chi connectivity index (χ1n) is 19.8. The lowest BCUT2D eigenvalue weighted by molar-refractivity contribution is -0.159. The van der Waals surface area contributed by atoms with E-state index >= 15 is 0 Å². The number of hydrogen-bond donors (Lipinski definition) is 1. The zero-order valence-electron chi connectivity index (χ0n) is 39.9. The molecule has 0 aromatic heterocycles. The highest BCUT2D eigenvalue weighted by atomic mass is 28.3. The number of ether oxygens (including phenoxy) is 4. The van der Waals surface area contributed by atoms with Gasteiger partial charge in [0.1, 0.15) is 19.3 Å². The third-order valence-corrected chi connectivity index (χ3v) is 12.8. The van der Waals surface area contributed by atoms with Gasteiger partial charge in [0.25, 0.3) is 5.78 Å². The fourth-order valence-electron chi connectivity index (χ4n) is 3.40. The molecule has 0 heterocycles. The summed E-state index contributed by atoms with van der Waals surface area (Å²) >= 11 is 0. The Morgan fingerprint density at radius 3 is 1.26 bits per heavy atom. The average molecular weight is 880 g/mol. The number of rotatable bonds is 10. The highest BCUT2D eigenvalue weighted by Gasteiger charge is 2.46. The zero-order valence-corrected chi connectivity index (χ0v) is 39.9. The number of esters is 4. The van der Waals surface area contributed by atoms with Gasteiger partial charge in [-0.05, 0) is 53.5 Å².